The average molecular weight is 314 g/mol. The molecule has 5 nitrogen and oxygen atoms in total. The molecule has 0 saturated carbocycles. The van der Waals surface area contributed by atoms with Crippen molar-refractivity contribution in [2.75, 3.05) is 6.54 Å². The number of aliphatic carboxylic acids is 1. The van der Waals surface area contributed by atoms with E-state index in [4.69, 9.17) is 0 Å². The number of carbonyl (C=O) groups excluding carboxylic acids is 1. The molecule has 1 aliphatic heterocycles. The second kappa shape index (κ2) is 6.07. The Morgan fingerprint density at radius 2 is 2.04 bits per heavy atom. The van der Waals surface area contributed by atoms with E-state index in [-0.39, 0.29) is 11.9 Å². The lowest BCUT2D eigenvalue weighted by Gasteiger charge is -2.24. The lowest BCUT2D eigenvalue weighted by Crippen LogP contribution is -2.38. The number of aromatic nitrogens is 1. The smallest absolute Gasteiger partial charge is 0.308 e. The predicted octanol–water partition coefficient (Wildman–Crippen LogP) is 2.99. The number of rotatable bonds is 4. The van der Waals surface area contributed by atoms with Gasteiger partial charge in [0.15, 0.2) is 0 Å². The molecule has 1 amide bonds. The van der Waals surface area contributed by atoms with Gasteiger partial charge >= 0.3 is 5.97 Å². The minimum atomic E-state index is -0.818. The van der Waals surface area contributed by atoms with Crippen molar-refractivity contribution >= 4 is 22.8 Å². The highest BCUT2D eigenvalue weighted by Crippen LogP contribution is 2.28. The highest BCUT2D eigenvalue weighted by molar-refractivity contribution is 5.99. The van der Waals surface area contributed by atoms with E-state index in [0.717, 1.165) is 23.9 Å². The number of aryl methyl sites for hydroxylation is 1. The van der Waals surface area contributed by atoms with Gasteiger partial charge in [-0.25, -0.2) is 0 Å². The third-order valence-corrected chi connectivity index (χ3v) is 4.81. The van der Waals surface area contributed by atoms with Gasteiger partial charge in [-0.3, -0.25) is 9.59 Å². The van der Waals surface area contributed by atoms with Crippen molar-refractivity contribution in [3.8, 4) is 0 Å². The largest absolute Gasteiger partial charge is 0.481 e. The molecule has 3 rings (SSSR count). The van der Waals surface area contributed by atoms with Crippen LogP contribution in [-0.4, -0.2) is 39.0 Å². The zero-order valence-electron chi connectivity index (χ0n) is 13.5. The van der Waals surface area contributed by atoms with E-state index in [1.54, 1.807) is 4.90 Å². The van der Waals surface area contributed by atoms with Crippen molar-refractivity contribution in [1.29, 1.82) is 0 Å². The SMILES string of the molecule is CCCn1c(C(=O)N2CCC(C(=O)O)C2C)cc2ccccc21. The maximum absolute atomic E-state index is 13.0. The van der Waals surface area contributed by atoms with Gasteiger partial charge in [0.05, 0.1) is 5.92 Å². The standard InChI is InChI=1S/C18H22N2O3/c1-3-9-20-15-7-5-4-6-13(15)11-16(20)17(21)19-10-8-14(12(19)2)18(22)23/h4-7,11-12,14H,3,8-10H2,1-2H3,(H,22,23). The first-order valence-corrected chi connectivity index (χ1v) is 8.16. The summed E-state index contributed by atoms with van der Waals surface area (Å²) in [5, 5.41) is 10.3. The van der Waals surface area contributed by atoms with E-state index >= 15 is 0 Å². The van der Waals surface area contributed by atoms with Crippen LogP contribution in [0.25, 0.3) is 10.9 Å². The van der Waals surface area contributed by atoms with E-state index in [1.165, 1.54) is 0 Å². The molecule has 1 aromatic carbocycles. The molecule has 1 aromatic heterocycles. The summed E-state index contributed by atoms with van der Waals surface area (Å²) in [4.78, 5) is 26.0. The zero-order valence-corrected chi connectivity index (χ0v) is 13.5. The Morgan fingerprint density at radius 3 is 2.70 bits per heavy atom. The Hall–Kier alpha value is -2.30. The average Bonchev–Trinajstić information content (AvgIpc) is 3.09. The number of carboxylic acid groups (broad SMARTS) is 1. The van der Waals surface area contributed by atoms with Crippen LogP contribution in [0.4, 0.5) is 0 Å². The van der Waals surface area contributed by atoms with Crippen molar-refractivity contribution in [3.05, 3.63) is 36.0 Å². The number of para-hydroxylation sites is 1. The van der Waals surface area contributed by atoms with Gasteiger partial charge in [0, 0.05) is 30.0 Å². The predicted molar refractivity (Wildman–Crippen MR) is 88.5 cm³/mol. The first kappa shape index (κ1) is 15.6. The number of benzene rings is 1. The molecule has 0 aliphatic carbocycles. The number of likely N-dealkylation sites (tertiary alicyclic amines) is 1. The normalized spacial score (nSPS) is 21.0. The summed E-state index contributed by atoms with van der Waals surface area (Å²) < 4.78 is 2.05. The summed E-state index contributed by atoms with van der Waals surface area (Å²) in [6, 6.07) is 9.62. The van der Waals surface area contributed by atoms with E-state index in [2.05, 4.69) is 11.5 Å². The fourth-order valence-electron chi connectivity index (χ4n) is 3.56. The van der Waals surface area contributed by atoms with Crippen LogP contribution in [-0.2, 0) is 11.3 Å². The number of amides is 1. The third-order valence-electron chi connectivity index (χ3n) is 4.81. The monoisotopic (exact) mass is 314 g/mol. The van der Waals surface area contributed by atoms with Crippen LogP contribution in [0.5, 0.6) is 0 Å². The fraction of sp³-hybridized carbons (Fsp3) is 0.444. The molecule has 2 heterocycles. The van der Waals surface area contributed by atoms with Crippen LogP contribution in [0.15, 0.2) is 30.3 Å². The number of carboxylic acids is 1. The first-order valence-electron chi connectivity index (χ1n) is 8.16. The lowest BCUT2D eigenvalue weighted by atomic mass is 10.0. The van der Waals surface area contributed by atoms with E-state index in [0.29, 0.717) is 18.7 Å². The molecule has 2 atom stereocenters. The molecular formula is C18H22N2O3. The van der Waals surface area contributed by atoms with Gasteiger partial charge in [-0.05, 0) is 31.9 Å². The molecular weight excluding hydrogens is 292 g/mol. The topological polar surface area (TPSA) is 62.5 Å². The van der Waals surface area contributed by atoms with Gasteiger partial charge in [0.1, 0.15) is 5.69 Å². The number of hydrogen-bond donors (Lipinski definition) is 1. The Balaban J connectivity index is 1.98. The summed E-state index contributed by atoms with van der Waals surface area (Å²) in [6.07, 6.45) is 1.46. The molecule has 1 saturated heterocycles. The second-order valence-electron chi connectivity index (χ2n) is 6.21. The minimum absolute atomic E-state index is 0.0640. The maximum Gasteiger partial charge on any atom is 0.308 e. The van der Waals surface area contributed by atoms with Gasteiger partial charge < -0.3 is 14.6 Å². The minimum Gasteiger partial charge on any atom is -0.481 e. The van der Waals surface area contributed by atoms with Crippen molar-refractivity contribution in [1.82, 2.24) is 9.47 Å². The van der Waals surface area contributed by atoms with Crippen LogP contribution in [0.1, 0.15) is 37.2 Å². The van der Waals surface area contributed by atoms with Gasteiger partial charge in [0.2, 0.25) is 0 Å². The molecule has 122 valence electrons. The van der Waals surface area contributed by atoms with Crippen molar-refractivity contribution in [2.24, 2.45) is 5.92 Å². The Labute approximate surface area is 135 Å². The van der Waals surface area contributed by atoms with Crippen LogP contribution in [0, 0.1) is 5.92 Å². The summed E-state index contributed by atoms with van der Waals surface area (Å²) in [5.74, 6) is -1.35. The Kier molecular flexibility index (Phi) is 4.11. The first-order chi connectivity index (χ1) is 11.0. The molecule has 1 N–H and O–H groups in total. The molecule has 23 heavy (non-hydrogen) atoms. The molecule has 2 unspecified atom stereocenters. The quantitative estimate of drug-likeness (QED) is 0.943. The zero-order chi connectivity index (χ0) is 16.6. The molecule has 0 bridgehead atoms. The second-order valence-corrected chi connectivity index (χ2v) is 6.21. The summed E-state index contributed by atoms with van der Waals surface area (Å²) in [6.45, 7) is 5.20. The number of fused-ring (bicyclic) bond motifs is 1. The van der Waals surface area contributed by atoms with E-state index in [1.807, 2.05) is 37.3 Å². The molecule has 2 aromatic rings. The molecule has 0 spiro atoms. The summed E-state index contributed by atoms with van der Waals surface area (Å²) in [5.41, 5.74) is 1.71. The molecule has 1 aliphatic rings. The maximum atomic E-state index is 13.0. The van der Waals surface area contributed by atoms with Crippen molar-refractivity contribution in [2.45, 2.75) is 39.3 Å². The summed E-state index contributed by atoms with van der Waals surface area (Å²) in [7, 11) is 0. The number of nitrogens with zero attached hydrogens (tertiary/aromatic N) is 2. The molecule has 5 heteroatoms. The van der Waals surface area contributed by atoms with Gasteiger partial charge in [-0.15, -0.1) is 0 Å². The molecule has 1 fully saturated rings. The van der Waals surface area contributed by atoms with Gasteiger partial charge in [-0.2, -0.15) is 0 Å². The highest BCUT2D eigenvalue weighted by atomic mass is 16.4. The number of hydrogen-bond acceptors (Lipinski definition) is 2. The summed E-state index contributed by atoms with van der Waals surface area (Å²) >= 11 is 0. The molecule has 0 radical (unpaired) electrons. The van der Waals surface area contributed by atoms with Crippen molar-refractivity contribution in [3.63, 3.8) is 0 Å². The van der Waals surface area contributed by atoms with Crippen LogP contribution >= 0.6 is 0 Å². The Morgan fingerprint density at radius 1 is 1.30 bits per heavy atom. The van der Waals surface area contributed by atoms with Crippen LogP contribution in [0.3, 0.4) is 0 Å². The van der Waals surface area contributed by atoms with Crippen LogP contribution < -0.4 is 0 Å². The van der Waals surface area contributed by atoms with E-state index in [9.17, 15) is 14.7 Å². The fourth-order valence-corrected chi connectivity index (χ4v) is 3.56. The van der Waals surface area contributed by atoms with Crippen molar-refractivity contribution < 1.29 is 14.7 Å². The third kappa shape index (κ3) is 2.60. The van der Waals surface area contributed by atoms with Gasteiger partial charge in [0.25, 0.3) is 5.91 Å². The highest BCUT2D eigenvalue weighted by Gasteiger charge is 2.39. The van der Waals surface area contributed by atoms with Gasteiger partial charge in [-0.1, -0.05) is 25.1 Å². The Bertz CT molecular complexity index is 750. The lowest BCUT2D eigenvalue weighted by molar-refractivity contribution is -0.142. The number of carbonyl (C=O) groups is 2. The van der Waals surface area contributed by atoms with E-state index < -0.39 is 11.9 Å². The van der Waals surface area contributed by atoms with Crippen LogP contribution in [0.2, 0.25) is 0 Å².